The Morgan fingerprint density at radius 2 is 2.04 bits per heavy atom. The summed E-state index contributed by atoms with van der Waals surface area (Å²) < 4.78 is 33.0. The predicted molar refractivity (Wildman–Crippen MR) is 106 cm³/mol. The van der Waals surface area contributed by atoms with Gasteiger partial charge in [-0.1, -0.05) is 32.0 Å². The van der Waals surface area contributed by atoms with Crippen LogP contribution in [0.15, 0.2) is 35.2 Å². The van der Waals surface area contributed by atoms with Crippen LogP contribution in [0.2, 0.25) is 0 Å². The zero-order chi connectivity index (χ0) is 20.6. The first-order chi connectivity index (χ1) is 13.3. The molecule has 1 heterocycles. The van der Waals surface area contributed by atoms with Gasteiger partial charge in [0.15, 0.2) is 0 Å². The number of carbonyl (C=O) groups excluding carboxylic acids is 1. The van der Waals surface area contributed by atoms with Crippen molar-refractivity contribution in [3.05, 3.63) is 30.3 Å². The SMILES string of the molecule is CC(C)CN1CCOC(CNC(=O)C(CCO)NS(=O)(=O)c2ccccc2)C1. The standard InChI is InChI=1S/C19H31N3O5S/c1-15(2)13-22-9-11-27-16(14-22)12-20-19(24)18(8-10-23)21-28(25,26)17-6-4-3-5-7-17/h3-7,15-16,18,21,23H,8-14H2,1-2H3,(H,20,24). The van der Waals surface area contributed by atoms with Gasteiger partial charge in [-0.2, -0.15) is 4.72 Å². The molecule has 1 aliphatic heterocycles. The minimum atomic E-state index is -3.85. The van der Waals surface area contributed by atoms with Crippen LogP contribution in [0.5, 0.6) is 0 Å². The Morgan fingerprint density at radius 3 is 2.68 bits per heavy atom. The lowest BCUT2D eigenvalue weighted by Gasteiger charge is -2.34. The molecule has 1 aromatic carbocycles. The molecule has 0 bridgehead atoms. The summed E-state index contributed by atoms with van der Waals surface area (Å²) in [5.41, 5.74) is 0. The van der Waals surface area contributed by atoms with Crippen LogP contribution in [-0.4, -0.2) is 75.9 Å². The van der Waals surface area contributed by atoms with Crippen LogP contribution in [-0.2, 0) is 19.6 Å². The highest BCUT2D eigenvalue weighted by Gasteiger charge is 2.27. The van der Waals surface area contributed by atoms with E-state index in [2.05, 4.69) is 28.8 Å². The fraction of sp³-hybridized carbons (Fsp3) is 0.632. The Hall–Kier alpha value is -1.52. The molecular formula is C19H31N3O5S. The van der Waals surface area contributed by atoms with Crippen LogP contribution in [0, 0.1) is 5.92 Å². The van der Waals surface area contributed by atoms with Gasteiger partial charge in [0.25, 0.3) is 0 Å². The summed E-state index contributed by atoms with van der Waals surface area (Å²) in [6.07, 6.45) is -0.153. The highest BCUT2D eigenvalue weighted by Crippen LogP contribution is 2.10. The van der Waals surface area contributed by atoms with E-state index in [1.54, 1.807) is 18.2 Å². The Morgan fingerprint density at radius 1 is 1.32 bits per heavy atom. The molecule has 1 aromatic rings. The Kier molecular flexibility index (Phi) is 8.84. The molecule has 158 valence electrons. The van der Waals surface area contributed by atoms with E-state index in [-0.39, 0.29) is 24.0 Å². The molecule has 1 fully saturated rings. The smallest absolute Gasteiger partial charge is 0.241 e. The average molecular weight is 414 g/mol. The number of nitrogens with one attached hydrogen (secondary N) is 2. The maximum absolute atomic E-state index is 12.5. The topological polar surface area (TPSA) is 108 Å². The molecular weight excluding hydrogens is 382 g/mol. The molecule has 3 N–H and O–H groups in total. The van der Waals surface area contributed by atoms with Gasteiger partial charge in [-0.25, -0.2) is 8.42 Å². The lowest BCUT2D eigenvalue weighted by Crippen LogP contribution is -2.52. The molecule has 0 aliphatic carbocycles. The second-order valence-electron chi connectivity index (χ2n) is 7.39. The largest absolute Gasteiger partial charge is 0.396 e. The van der Waals surface area contributed by atoms with Crippen LogP contribution < -0.4 is 10.0 Å². The minimum absolute atomic E-state index is 0.0110. The van der Waals surface area contributed by atoms with Gasteiger partial charge in [0, 0.05) is 32.8 Å². The first kappa shape index (κ1) is 22.8. The number of benzene rings is 1. The molecule has 0 spiro atoms. The van der Waals surface area contributed by atoms with Crippen LogP contribution in [0.4, 0.5) is 0 Å². The second-order valence-corrected chi connectivity index (χ2v) is 9.10. The van der Waals surface area contributed by atoms with Gasteiger partial charge in [0.1, 0.15) is 6.04 Å². The number of rotatable bonds is 10. The molecule has 28 heavy (non-hydrogen) atoms. The quantitative estimate of drug-likeness (QED) is 0.505. The molecule has 9 heteroatoms. The summed E-state index contributed by atoms with van der Waals surface area (Å²) in [6.45, 7) is 7.46. The molecule has 1 aliphatic rings. The summed E-state index contributed by atoms with van der Waals surface area (Å²) in [6, 6.07) is 6.79. The second kappa shape index (κ2) is 10.9. The summed E-state index contributed by atoms with van der Waals surface area (Å²) in [5.74, 6) is 0.0767. The Balaban J connectivity index is 1.92. The van der Waals surface area contributed by atoms with Gasteiger partial charge in [-0.15, -0.1) is 0 Å². The van der Waals surface area contributed by atoms with E-state index in [0.29, 0.717) is 19.1 Å². The van der Waals surface area contributed by atoms with Crippen molar-refractivity contribution in [2.24, 2.45) is 5.92 Å². The van der Waals surface area contributed by atoms with E-state index >= 15 is 0 Å². The summed E-state index contributed by atoms with van der Waals surface area (Å²) in [5, 5.41) is 12.0. The molecule has 0 radical (unpaired) electrons. The molecule has 8 nitrogen and oxygen atoms in total. The van der Waals surface area contributed by atoms with E-state index in [9.17, 15) is 18.3 Å². The first-order valence-corrected chi connectivity index (χ1v) is 11.1. The molecule has 0 saturated carbocycles. The van der Waals surface area contributed by atoms with Crippen molar-refractivity contribution in [3.8, 4) is 0 Å². The number of nitrogens with zero attached hydrogens (tertiary/aromatic N) is 1. The summed E-state index contributed by atoms with van der Waals surface area (Å²) in [4.78, 5) is 14.9. The van der Waals surface area contributed by atoms with Crippen molar-refractivity contribution in [1.29, 1.82) is 0 Å². The van der Waals surface area contributed by atoms with Crippen molar-refractivity contribution in [3.63, 3.8) is 0 Å². The fourth-order valence-corrected chi connectivity index (χ4v) is 4.40. The number of morpholine rings is 1. The van der Waals surface area contributed by atoms with E-state index in [1.165, 1.54) is 12.1 Å². The van der Waals surface area contributed by atoms with E-state index in [1.807, 2.05) is 0 Å². The average Bonchev–Trinajstić information content (AvgIpc) is 2.66. The molecule has 2 rings (SSSR count). The van der Waals surface area contributed by atoms with Crippen LogP contribution >= 0.6 is 0 Å². The Labute approximate surface area is 167 Å². The van der Waals surface area contributed by atoms with Crippen molar-refractivity contribution < 1.29 is 23.1 Å². The summed E-state index contributed by atoms with van der Waals surface area (Å²) in [7, 11) is -3.85. The molecule has 1 saturated heterocycles. The third-order valence-corrected chi connectivity index (χ3v) is 5.92. The predicted octanol–water partition coefficient (Wildman–Crippen LogP) is 0.189. The summed E-state index contributed by atoms with van der Waals surface area (Å²) >= 11 is 0. The number of sulfonamides is 1. The zero-order valence-corrected chi connectivity index (χ0v) is 17.3. The normalized spacial score (nSPS) is 19.5. The molecule has 1 amide bonds. The van der Waals surface area contributed by atoms with Gasteiger partial charge in [0.2, 0.25) is 15.9 Å². The number of ether oxygens (including phenoxy) is 1. The van der Waals surface area contributed by atoms with Crippen molar-refractivity contribution in [1.82, 2.24) is 14.9 Å². The lowest BCUT2D eigenvalue weighted by atomic mass is 10.1. The zero-order valence-electron chi connectivity index (χ0n) is 16.5. The van der Waals surface area contributed by atoms with E-state index in [4.69, 9.17) is 4.74 Å². The number of aliphatic hydroxyl groups excluding tert-OH is 1. The highest BCUT2D eigenvalue weighted by atomic mass is 32.2. The number of amides is 1. The van der Waals surface area contributed by atoms with Crippen molar-refractivity contribution >= 4 is 15.9 Å². The van der Waals surface area contributed by atoms with Crippen molar-refractivity contribution in [2.45, 2.75) is 37.3 Å². The van der Waals surface area contributed by atoms with Gasteiger partial charge in [0.05, 0.1) is 17.6 Å². The van der Waals surface area contributed by atoms with Gasteiger partial charge < -0.3 is 15.2 Å². The maximum atomic E-state index is 12.5. The van der Waals surface area contributed by atoms with Crippen molar-refractivity contribution in [2.75, 3.05) is 39.4 Å². The fourth-order valence-electron chi connectivity index (χ4n) is 3.15. The number of carbonyl (C=O) groups is 1. The monoisotopic (exact) mass is 413 g/mol. The van der Waals surface area contributed by atoms with Gasteiger partial charge >= 0.3 is 0 Å². The lowest BCUT2D eigenvalue weighted by molar-refractivity contribution is -0.124. The highest BCUT2D eigenvalue weighted by molar-refractivity contribution is 7.89. The number of hydrogen-bond donors (Lipinski definition) is 3. The van der Waals surface area contributed by atoms with E-state index in [0.717, 1.165) is 19.6 Å². The first-order valence-electron chi connectivity index (χ1n) is 9.61. The van der Waals surface area contributed by atoms with Crippen LogP contribution in [0.3, 0.4) is 0 Å². The minimum Gasteiger partial charge on any atom is -0.396 e. The number of aliphatic hydroxyl groups is 1. The van der Waals surface area contributed by atoms with Gasteiger partial charge in [-0.3, -0.25) is 9.69 Å². The van der Waals surface area contributed by atoms with Gasteiger partial charge in [-0.05, 0) is 24.5 Å². The van der Waals surface area contributed by atoms with E-state index < -0.39 is 22.0 Å². The third kappa shape index (κ3) is 7.14. The maximum Gasteiger partial charge on any atom is 0.241 e. The molecule has 2 unspecified atom stereocenters. The van der Waals surface area contributed by atoms with Crippen LogP contribution in [0.1, 0.15) is 20.3 Å². The molecule has 0 aromatic heterocycles. The molecule has 2 atom stereocenters. The number of hydrogen-bond acceptors (Lipinski definition) is 6. The Bertz CT molecular complexity index is 712. The third-order valence-electron chi connectivity index (χ3n) is 4.44. The van der Waals surface area contributed by atoms with Crippen LogP contribution in [0.25, 0.3) is 0 Å².